The van der Waals surface area contributed by atoms with Crippen molar-refractivity contribution >= 4 is 22.1 Å². The van der Waals surface area contributed by atoms with Crippen molar-refractivity contribution in [3.63, 3.8) is 0 Å². The lowest BCUT2D eigenvalue weighted by Gasteiger charge is -2.40. The summed E-state index contributed by atoms with van der Waals surface area (Å²) in [6, 6.07) is 0. The van der Waals surface area contributed by atoms with Gasteiger partial charge in [0.15, 0.2) is 12.4 Å². The van der Waals surface area contributed by atoms with Crippen LogP contribution in [-0.4, -0.2) is 96.0 Å². The summed E-state index contributed by atoms with van der Waals surface area (Å²) in [6.45, 7) is 3.65. The second-order valence-corrected chi connectivity index (χ2v) is 16.5. The molecule has 0 aliphatic carbocycles. The normalized spacial score (nSPS) is 21.0. The Hall–Kier alpha value is -2.39. The number of allylic oxidation sites excluding steroid dienone is 8. The minimum Gasteiger partial charge on any atom is -0.462 e. The fraction of sp³-hybridized carbons (Fsp3) is 0.773. The van der Waals surface area contributed by atoms with Crippen LogP contribution in [0.4, 0.5) is 0 Å². The zero-order valence-corrected chi connectivity index (χ0v) is 35.7. The molecule has 1 rings (SSSR count). The molecule has 6 atom stereocenters. The van der Waals surface area contributed by atoms with Crippen LogP contribution in [0.1, 0.15) is 162 Å². The predicted molar refractivity (Wildman–Crippen MR) is 224 cm³/mol. The molecule has 1 fully saturated rings. The highest BCUT2D eigenvalue weighted by molar-refractivity contribution is 7.85. The molecule has 0 aromatic carbocycles. The quantitative estimate of drug-likeness (QED) is 0.0157. The Morgan fingerprint density at radius 1 is 0.614 bits per heavy atom. The molecule has 13 heteroatoms. The highest BCUT2D eigenvalue weighted by Crippen LogP contribution is 2.24. The van der Waals surface area contributed by atoms with Gasteiger partial charge in [0.1, 0.15) is 36.8 Å². The summed E-state index contributed by atoms with van der Waals surface area (Å²) < 4.78 is 53.8. The van der Waals surface area contributed by atoms with E-state index in [-0.39, 0.29) is 19.4 Å². The number of ether oxygens (including phenoxy) is 4. The molecular formula is C44H76O12S. The van der Waals surface area contributed by atoms with Crippen molar-refractivity contribution in [1.29, 1.82) is 0 Å². The van der Waals surface area contributed by atoms with Gasteiger partial charge in [-0.2, -0.15) is 8.42 Å². The number of hydrogen-bond donors (Lipinski definition) is 4. The van der Waals surface area contributed by atoms with Crippen LogP contribution in [0.25, 0.3) is 0 Å². The van der Waals surface area contributed by atoms with Crippen molar-refractivity contribution in [2.24, 2.45) is 0 Å². The standard InChI is InChI=1S/C44H76O12S/c1-3-5-7-9-11-13-15-17-18-19-21-22-24-26-28-30-32-39(45)53-34-37(35-54-44-43(49)42(48)41(47)38(56-44)36-57(50,51)52)55-40(46)33-31-29-27-25-23-20-16-14-12-10-8-6-4-2/h18-23,27,29,37-38,41-44,47-49H,3-17,24-26,28,30-36H2,1-2H3,(H,50,51,52)/b19-18+,22-21+,23-20+,29-27+/t37?,38-,41-,42?,43?,44+/m1/s1. The first-order valence-corrected chi connectivity index (χ1v) is 23.3. The van der Waals surface area contributed by atoms with E-state index >= 15 is 0 Å². The molecular weight excluding hydrogens is 753 g/mol. The number of hydrogen-bond acceptors (Lipinski definition) is 11. The maximum Gasteiger partial charge on any atom is 0.306 e. The summed E-state index contributed by atoms with van der Waals surface area (Å²) in [7, 11) is -4.61. The molecule has 0 amide bonds. The van der Waals surface area contributed by atoms with Gasteiger partial charge >= 0.3 is 11.9 Å². The largest absolute Gasteiger partial charge is 0.462 e. The Morgan fingerprint density at radius 3 is 1.72 bits per heavy atom. The Morgan fingerprint density at radius 2 is 1.14 bits per heavy atom. The van der Waals surface area contributed by atoms with Gasteiger partial charge in [-0.05, 0) is 57.8 Å². The van der Waals surface area contributed by atoms with E-state index in [2.05, 4.69) is 50.3 Å². The van der Waals surface area contributed by atoms with Crippen molar-refractivity contribution < 1.29 is 56.8 Å². The average molecular weight is 829 g/mol. The van der Waals surface area contributed by atoms with Crippen LogP contribution < -0.4 is 0 Å². The smallest absolute Gasteiger partial charge is 0.306 e. The molecule has 57 heavy (non-hydrogen) atoms. The maximum atomic E-state index is 12.7. The van der Waals surface area contributed by atoms with E-state index in [1.165, 1.54) is 83.5 Å². The molecule has 4 N–H and O–H groups in total. The van der Waals surface area contributed by atoms with E-state index in [1.54, 1.807) is 0 Å². The second-order valence-electron chi connectivity index (χ2n) is 15.0. The van der Waals surface area contributed by atoms with Gasteiger partial charge in [-0.3, -0.25) is 14.1 Å². The van der Waals surface area contributed by atoms with Crippen LogP contribution in [0.3, 0.4) is 0 Å². The zero-order chi connectivity index (χ0) is 42.0. The topological polar surface area (TPSA) is 186 Å². The molecule has 1 saturated heterocycles. The van der Waals surface area contributed by atoms with Gasteiger partial charge in [0, 0.05) is 12.8 Å². The van der Waals surface area contributed by atoms with Crippen molar-refractivity contribution in [1.82, 2.24) is 0 Å². The Labute approximate surface area is 343 Å². The van der Waals surface area contributed by atoms with Crippen molar-refractivity contribution in [2.45, 2.75) is 198 Å². The van der Waals surface area contributed by atoms with E-state index in [0.717, 1.165) is 38.5 Å². The third-order valence-corrected chi connectivity index (χ3v) is 10.4. The molecule has 3 unspecified atom stereocenters. The molecule has 0 bridgehead atoms. The average Bonchev–Trinajstić information content (AvgIpc) is 3.17. The lowest BCUT2D eigenvalue weighted by molar-refractivity contribution is -0.297. The van der Waals surface area contributed by atoms with Gasteiger partial charge in [0.2, 0.25) is 0 Å². The van der Waals surface area contributed by atoms with Gasteiger partial charge in [-0.25, -0.2) is 0 Å². The van der Waals surface area contributed by atoms with E-state index < -0.39 is 71.2 Å². The fourth-order valence-corrected chi connectivity index (χ4v) is 6.94. The van der Waals surface area contributed by atoms with Gasteiger partial charge in [0.25, 0.3) is 10.1 Å². The summed E-state index contributed by atoms with van der Waals surface area (Å²) in [5, 5.41) is 30.8. The first kappa shape index (κ1) is 52.6. The van der Waals surface area contributed by atoms with E-state index in [0.29, 0.717) is 12.8 Å². The van der Waals surface area contributed by atoms with Crippen LogP contribution in [-0.2, 0) is 38.7 Å². The molecule has 0 radical (unpaired) electrons. The number of unbranched alkanes of at least 4 members (excludes halogenated alkanes) is 16. The zero-order valence-electron chi connectivity index (χ0n) is 34.9. The molecule has 0 aromatic heterocycles. The summed E-state index contributed by atoms with van der Waals surface area (Å²) in [6.07, 6.45) is 30.4. The van der Waals surface area contributed by atoms with Gasteiger partial charge < -0.3 is 34.3 Å². The van der Waals surface area contributed by atoms with E-state index in [1.807, 2.05) is 12.2 Å². The summed E-state index contributed by atoms with van der Waals surface area (Å²) in [5.74, 6) is -2.11. The molecule has 1 aliphatic heterocycles. The summed E-state index contributed by atoms with van der Waals surface area (Å²) in [4.78, 5) is 25.3. The van der Waals surface area contributed by atoms with Gasteiger partial charge in [-0.15, -0.1) is 0 Å². The summed E-state index contributed by atoms with van der Waals surface area (Å²) in [5.41, 5.74) is 0. The van der Waals surface area contributed by atoms with Gasteiger partial charge in [0.05, 0.1) is 6.61 Å². The second kappa shape index (κ2) is 34.5. The number of aliphatic hydroxyl groups is 3. The first-order valence-electron chi connectivity index (χ1n) is 21.7. The number of esters is 2. The Bertz CT molecular complexity index is 1250. The molecule has 1 aliphatic rings. The van der Waals surface area contributed by atoms with Gasteiger partial charge in [-0.1, -0.05) is 140 Å². The molecule has 0 spiro atoms. The minimum absolute atomic E-state index is 0.0513. The Balaban J connectivity index is 2.53. The van der Waals surface area contributed by atoms with E-state index in [9.17, 15) is 37.9 Å². The van der Waals surface area contributed by atoms with Crippen LogP contribution in [0, 0.1) is 0 Å². The number of carbonyl (C=O) groups is 2. The predicted octanol–water partition coefficient (Wildman–Crippen LogP) is 8.39. The lowest BCUT2D eigenvalue weighted by atomic mass is 10.00. The highest BCUT2D eigenvalue weighted by Gasteiger charge is 2.46. The molecule has 330 valence electrons. The van der Waals surface area contributed by atoms with Crippen molar-refractivity contribution in [3.8, 4) is 0 Å². The SMILES string of the molecule is CCCCCCCC/C=C/C/C=C/CCC(=O)OC(COC(=O)CCCCC/C=C/C=C/CCCCCCCCC)CO[C@H]1O[C@H](CS(=O)(=O)O)[C@@H](O)C(O)C1O. The fourth-order valence-electron chi connectivity index (χ4n) is 6.25. The molecule has 0 aromatic rings. The Kier molecular flexibility index (Phi) is 31.8. The lowest BCUT2D eigenvalue weighted by Crippen LogP contribution is -2.60. The van der Waals surface area contributed by atoms with Crippen LogP contribution >= 0.6 is 0 Å². The molecule has 12 nitrogen and oxygen atoms in total. The minimum atomic E-state index is -4.61. The van der Waals surface area contributed by atoms with E-state index in [4.69, 9.17) is 18.9 Å². The summed E-state index contributed by atoms with van der Waals surface area (Å²) >= 11 is 0. The third-order valence-electron chi connectivity index (χ3n) is 9.67. The number of aliphatic hydroxyl groups excluding tert-OH is 3. The first-order chi connectivity index (χ1) is 27.5. The maximum absolute atomic E-state index is 12.7. The van der Waals surface area contributed by atoms with Crippen LogP contribution in [0.2, 0.25) is 0 Å². The third kappa shape index (κ3) is 29.5. The highest BCUT2D eigenvalue weighted by atomic mass is 32.2. The number of carbonyl (C=O) groups excluding carboxylic acids is 2. The van der Waals surface area contributed by atoms with Crippen LogP contribution in [0.5, 0.6) is 0 Å². The van der Waals surface area contributed by atoms with Crippen molar-refractivity contribution in [3.05, 3.63) is 48.6 Å². The monoisotopic (exact) mass is 829 g/mol. The van der Waals surface area contributed by atoms with Crippen LogP contribution in [0.15, 0.2) is 48.6 Å². The number of rotatable bonds is 35. The van der Waals surface area contributed by atoms with Crippen molar-refractivity contribution in [2.75, 3.05) is 19.0 Å². The molecule has 1 heterocycles. The molecule has 0 saturated carbocycles.